The number of halogens is 3. The fraction of sp³-hybridized carbons (Fsp3) is 0.316. The molecule has 1 aliphatic heterocycles. The van der Waals surface area contributed by atoms with Crippen LogP contribution >= 0.6 is 40.7 Å². The predicted octanol–water partition coefficient (Wildman–Crippen LogP) is 4.08. The van der Waals surface area contributed by atoms with E-state index in [4.69, 9.17) is 5.11 Å². The molecule has 1 unspecified atom stereocenters. The van der Waals surface area contributed by atoms with Gasteiger partial charge in [0.1, 0.15) is 0 Å². The summed E-state index contributed by atoms with van der Waals surface area (Å²) in [5.41, 5.74) is 2.52. The zero-order chi connectivity index (χ0) is 16.9. The number of nitrogens with zero attached hydrogens (tertiary/aromatic N) is 2. The van der Waals surface area contributed by atoms with Crippen molar-refractivity contribution in [1.29, 1.82) is 0 Å². The molecular weight excluding hydrogens is 439 g/mol. The fourth-order valence-electron chi connectivity index (χ4n) is 3.30. The van der Waals surface area contributed by atoms with Gasteiger partial charge in [0.05, 0.1) is 12.6 Å². The second kappa shape index (κ2) is 10.9. The van der Waals surface area contributed by atoms with Gasteiger partial charge in [-0.25, -0.2) is 0 Å². The van der Waals surface area contributed by atoms with E-state index in [-0.39, 0.29) is 37.4 Å². The molecule has 1 atom stereocenters. The fourth-order valence-corrected chi connectivity index (χ4v) is 3.71. The molecule has 0 amide bonds. The van der Waals surface area contributed by atoms with Crippen LogP contribution in [0.4, 0.5) is 0 Å². The molecule has 0 spiro atoms. The van der Waals surface area contributed by atoms with Crippen LogP contribution in [0.2, 0.25) is 0 Å². The Morgan fingerprint density at radius 2 is 1.58 bits per heavy atom. The highest BCUT2D eigenvalue weighted by Gasteiger charge is 2.27. The molecule has 1 fully saturated rings. The molecule has 1 heterocycles. The molecule has 0 aromatic heterocycles. The lowest BCUT2D eigenvalue weighted by atomic mass is 9.96. The topological polar surface area (TPSA) is 43.8 Å². The van der Waals surface area contributed by atoms with Gasteiger partial charge in [-0.3, -0.25) is 14.6 Å². The zero-order valence-electron chi connectivity index (χ0n) is 14.3. The molecule has 1 saturated heterocycles. The molecule has 2 aromatic rings. The third kappa shape index (κ3) is 5.96. The van der Waals surface area contributed by atoms with E-state index in [1.54, 1.807) is 0 Å². The van der Waals surface area contributed by atoms with Crippen molar-refractivity contribution in [2.45, 2.75) is 6.04 Å². The molecule has 26 heavy (non-hydrogen) atoms. The number of piperazine rings is 1. The van der Waals surface area contributed by atoms with Gasteiger partial charge in [0.15, 0.2) is 0 Å². The van der Waals surface area contributed by atoms with Gasteiger partial charge in [-0.2, -0.15) is 0 Å². The van der Waals surface area contributed by atoms with Gasteiger partial charge in [-0.05, 0) is 23.3 Å². The zero-order valence-corrected chi connectivity index (χ0v) is 17.5. The minimum atomic E-state index is -0.755. The number of carboxylic acids is 1. The van der Waals surface area contributed by atoms with Crippen LogP contribution in [0.25, 0.3) is 0 Å². The SMILES string of the molecule is Cl.Cl.O=C(O)CN1CCN(C(c2ccccc2)c2cccc(Br)c2)CC1. The first-order valence-electron chi connectivity index (χ1n) is 8.12. The Kier molecular flexibility index (Phi) is 9.61. The average Bonchev–Trinajstić information content (AvgIpc) is 2.57. The maximum Gasteiger partial charge on any atom is 0.317 e. The van der Waals surface area contributed by atoms with E-state index in [0.717, 1.165) is 30.7 Å². The number of carboxylic acid groups (broad SMARTS) is 1. The summed E-state index contributed by atoms with van der Waals surface area (Å²) < 4.78 is 1.07. The predicted molar refractivity (Wildman–Crippen MR) is 113 cm³/mol. The summed E-state index contributed by atoms with van der Waals surface area (Å²) in [5.74, 6) is -0.755. The Labute approximate surface area is 175 Å². The number of benzene rings is 2. The Morgan fingerprint density at radius 3 is 2.15 bits per heavy atom. The van der Waals surface area contributed by atoms with Gasteiger partial charge in [-0.15, -0.1) is 24.8 Å². The number of hydrogen-bond donors (Lipinski definition) is 1. The number of aliphatic carboxylic acids is 1. The third-order valence-corrected chi connectivity index (χ3v) is 4.90. The first-order chi connectivity index (χ1) is 11.6. The highest BCUT2D eigenvalue weighted by molar-refractivity contribution is 9.10. The lowest BCUT2D eigenvalue weighted by Crippen LogP contribution is -2.49. The van der Waals surface area contributed by atoms with Crippen molar-refractivity contribution in [2.75, 3.05) is 32.7 Å². The van der Waals surface area contributed by atoms with Crippen LogP contribution in [0.3, 0.4) is 0 Å². The molecule has 1 N–H and O–H groups in total. The van der Waals surface area contributed by atoms with E-state index in [9.17, 15) is 4.79 Å². The van der Waals surface area contributed by atoms with Gasteiger partial charge >= 0.3 is 5.97 Å². The Morgan fingerprint density at radius 1 is 0.962 bits per heavy atom. The van der Waals surface area contributed by atoms with E-state index in [1.807, 2.05) is 17.0 Å². The molecule has 1 aliphatic rings. The normalized spacial score (nSPS) is 16.2. The summed E-state index contributed by atoms with van der Waals surface area (Å²) in [4.78, 5) is 15.3. The first-order valence-corrected chi connectivity index (χ1v) is 8.91. The third-order valence-electron chi connectivity index (χ3n) is 4.41. The second-order valence-corrected chi connectivity index (χ2v) is 6.99. The maximum atomic E-state index is 10.9. The van der Waals surface area contributed by atoms with Crippen molar-refractivity contribution < 1.29 is 9.90 Å². The Bertz CT molecular complexity index is 695. The van der Waals surface area contributed by atoms with Gasteiger partial charge in [0.25, 0.3) is 0 Å². The molecule has 0 saturated carbocycles. The van der Waals surface area contributed by atoms with Crippen LogP contribution in [0, 0.1) is 0 Å². The van der Waals surface area contributed by atoms with Crippen LogP contribution in [0.15, 0.2) is 59.1 Å². The first kappa shape index (κ1) is 22.9. The van der Waals surface area contributed by atoms with Crippen LogP contribution < -0.4 is 0 Å². The summed E-state index contributed by atoms with van der Waals surface area (Å²) in [6, 6.07) is 19.1. The summed E-state index contributed by atoms with van der Waals surface area (Å²) in [6.45, 7) is 3.41. The average molecular weight is 462 g/mol. The van der Waals surface area contributed by atoms with Crippen molar-refractivity contribution in [3.63, 3.8) is 0 Å². The van der Waals surface area contributed by atoms with Crippen LogP contribution in [0.1, 0.15) is 17.2 Å². The summed E-state index contributed by atoms with van der Waals surface area (Å²) in [5, 5.41) is 8.97. The van der Waals surface area contributed by atoms with Crippen LogP contribution in [-0.4, -0.2) is 53.6 Å². The number of hydrogen-bond acceptors (Lipinski definition) is 3. The molecule has 4 nitrogen and oxygen atoms in total. The molecule has 0 bridgehead atoms. The standard InChI is InChI=1S/C19H21BrN2O2.2ClH/c20-17-8-4-7-16(13-17)19(15-5-2-1-3-6-15)22-11-9-21(10-12-22)14-18(23)24;;/h1-8,13,19H,9-12,14H2,(H,23,24);2*1H. The highest BCUT2D eigenvalue weighted by atomic mass is 79.9. The number of carbonyl (C=O) groups is 1. The monoisotopic (exact) mass is 460 g/mol. The van der Waals surface area contributed by atoms with Crippen molar-refractivity contribution in [3.8, 4) is 0 Å². The number of rotatable bonds is 5. The molecule has 0 aliphatic carbocycles. The minimum Gasteiger partial charge on any atom is -0.480 e. The molecule has 0 radical (unpaired) electrons. The van der Waals surface area contributed by atoms with E-state index in [2.05, 4.69) is 63.3 Å². The quantitative estimate of drug-likeness (QED) is 0.728. The second-order valence-electron chi connectivity index (χ2n) is 6.07. The lowest BCUT2D eigenvalue weighted by Gasteiger charge is -2.39. The Hall–Kier alpha value is -1.11. The molecule has 2 aromatic carbocycles. The van der Waals surface area contributed by atoms with Gasteiger partial charge in [0.2, 0.25) is 0 Å². The van der Waals surface area contributed by atoms with E-state index in [1.165, 1.54) is 11.1 Å². The van der Waals surface area contributed by atoms with Crippen molar-refractivity contribution >= 4 is 46.7 Å². The lowest BCUT2D eigenvalue weighted by molar-refractivity contribution is -0.138. The van der Waals surface area contributed by atoms with Crippen molar-refractivity contribution in [2.24, 2.45) is 0 Å². The summed E-state index contributed by atoms with van der Waals surface area (Å²) >= 11 is 3.57. The molecule has 142 valence electrons. The summed E-state index contributed by atoms with van der Waals surface area (Å²) in [7, 11) is 0. The van der Waals surface area contributed by atoms with Crippen molar-refractivity contribution in [1.82, 2.24) is 9.80 Å². The smallest absolute Gasteiger partial charge is 0.317 e. The van der Waals surface area contributed by atoms with E-state index in [0.29, 0.717) is 0 Å². The van der Waals surface area contributed by atoms with E-state index < -0.39 is 5.97 Å². The Balaban J connectivity index is 0.00000169. The molecule has 3 rings (SSSR count). The summed E-state index contributed by atoms with van der Waals surface area (Å²) in [6.07, 6.45) is 0. The minimum absolute atomic E-state index is 0. The highest BCUT2D eigenvalue weighted by Crippen LogP contribution is 2.31. The van der Waals surface area contributed by atoms with Crippen LogP contribution in [-0.2, 0) is 4.79 Å². The molecule has 7 heteroatoms. The van der Waals surface area contributed by atoms with Gasteiger partial charge < -0.3 is 5.11 Å². The molecular formula is C19H23BrCl2N2O2. The van der Waals surface area contributed by atoms with Gasteiger partial charge in [0, 0.05) is 30.7 Å². The van der Waals surface area contributed by atoms with Gasteiger partial charge in [-0.1, -0.05) is 58.4 Å². The maximum absolute atomic E-state index is 10.9. The van der Waals surface area contributed by atoms with E-state index >= 15 is 0 Å². The van der Waals surface area contributed by atoms with Crippen LogP contribution in [0.5, 0.6) is 0 Å². The van der Waals surface area contributed by atoms with Crippen molar-refractivity contribution in [3.05, 3.63) is 70.2 Å². The largest absolute Gasteiger partial charge is 0.480 e.